The zero-order chi connectivity index (χ0) is 9.31. The first-order valence-electron chi connectivity index (χ1n) is 4.28. The number of hydrogen-bond donors (Lipinski definition) is 2. The second kappa shape index (κ2) is 4.09. The molecule has 1 heterocycles. The number of aldehydes is 1. The normalized spacial score (nSPS) is 24.6. The number of aliphatic hydroxyl groups is 1. The Bertz CT molecular complexity index is 319. The van der Waals surface area contributed by atoms with Crippen LogP contribution in [0.15, 0.2) is 24.3 Å². The van der Waals surface area contributed by atoms with Crippen LogP contribution in [-0.2, 0) is 5.72 Å². The molecule has 0 bridgehead atoms. The molecule has 14 heavy (non-hydrogen) atoms. The standard InChI is InChI=1S/C10H11NO2.ClH/c12-7-8-1-3-9(4-2-8)10(13)5-6-11-10;/h1-4,7,11,13H,5-6H2;1H/t10-;/m1./s1. The third-order valence-electron chi connectivity index (χ3n) is 2.43. The van der Waals surface area contributed by atoms with Crippen LogP contribution in [0.5, 0.6) is 0 Å². The second-order valence-corrected chi connectivity index (χ2v) is 3.28. The van der Waals surface area contributed by atoms with Crippen molar-refractivity contribution < 1.29 is 9.90 Å². The molecule has 76 valence electrons. The van der Waals surface area contributed by atoms with E-state index in [4.69, 9.17) is 0 Å². The van der Waals surface area contributed by atoms with Gasteiger partial charge in [0.1, 0.15) is 12.0 Å². The highest BCUT2D eigenvalue weighted by Gasteiger charge is 2.35. The van der Waals surface area contributed by atoms with Crippen molar-refractivity contribution in [1.29, 1.82) is 0 Å². The van der Waals surface area contributed by atoms with Gasteiger partial charge in [-0.2, -0.15) is 0 Å². The van der Waals surface area contributed by atoms with E-state index in [2.05, 4.69) is 5.32 Å². The van der Waals surface area contributed by atoms with Gasteiger partial charge in [0.05, 0.1) is 0 Å². The van der Waals surface area contributed by atoms with Crippen LogP contribution in [0.1, 0.15) is 22.3 Å². The number of carbonyl (C=O) groups is 1. The first-order valence-corrected chi connectivity index (χ1v) is 4.28. The summed E-state index contributed by atoms with van der Waals surface area (Å²) < 4.78 is 0. The van der Waals surface area contributed by atoms with Crippen LogP contribution in [0.4, 0.5) is 0 Å². The number of hydrogen-bond acceptors (Lipinski definition) is 3. The summed E-state index contributed by atoms with van der Waals surface area (Å²) in [5.41, 5.74) is 0.595. The number of carbonyl (C=O) groups excluding carboxylic acids is 1. The van der Waals surface area contributed by atoms with Gasteiger partial charge in [-0.25, -0.2) is 0 Å². The van der Waals surface area contributed by atoms with Crippen molar-refractivity contribution in [1.82, 2.24) is 5.32 Å². The SMILES string of the molecule is Cl.O=Cc1ccc([C@]2(O)CCN2)cc1. The molecule has 0 amide bonds. The van der Waals surface area contributed by atoms with E-state index in [9.17, 15) is 9.90 Å². The summed E-state index contributed by atoms with van der Waals surface area (Å²) in [7, 11) is 0. The molecule has 1 aliphatic rings. The minimum Gasteiger partial charge on any atom is -0.372 e. The van der Waals surface area contributed by atoms with Gasteiger partial charge in [-0.15, -0.1) is 12.4 Å². The van der Waals surface area contributed by atoms with E-state index in [1.807, 2.05) is 0 Å². The molecule has 0 saturated carbocycles. The van der Waals surface area contributed by atoms with Gasteiger partial charge in [-0.3, -0.25) is 10.1 Å². The number of halogens is 1. The molecule has 3 nitrogen and oxygen atoms in total. The van der Waals surface area contributed by atoms with Crippen LogP contribution in [0.25, 0.3) is 0 Å². The predicted octanol–water partition coefficient (Wildman–Crippen LogP) is 1.06. The molecule has 2 rings (SSSR count). The summed E-state index contributed by atoms with van der Waals surface area (Å²) in [5, 5.41) is 12.8. The van der Waals surface area contributed by atoms with Gasteiger partial charge in [-0.05, 0) is 5.56 Å². The molecule has 1 atom stereocenters. The van der Waals surface area contributed by atoms with E-state index in [-0.39, 0.29) is 12.4 Å². The molecule has 4 heteroatoms. The fraction of sp³-hybridized carbons (Fsp3) is 0.300. The first-order chi connectivity index (χ1) is 6.24. The van der Waals surface area contributed by atoms with E-state index in [1.165, 1.54) is 0 Å². The summed E-state index contributed by atoms with van der Waals surface area (Å²) in [4.78, 5) is 10.4. The Hall–Kier alpha value is -0.900. The minimum absolute atomic E-state index is 0. The lowest BCUT2D eigenvalue weighted by atomic mass is 9.93. The van der Waals surface area contributed by atoms with Crippen LogP contribution < -0.4 is 5.32 Å². The number of rotatable bonds is 2. The van der Waals surface area contributed by atoms with Gasteiger partial charge < -0.3 is 5.11 Å². The van der Waals surface area contributed by atoms with Crippen molar-refractivity contribution >= 4 is 18.7 Å². The Balaban J connectivity index is 0.000000980. The maximum atomic E-state index is 10.4. The van der Waals surface area contributed by atoms with Crippen molar-refractivity contribution in [3.05, 3.63) is 35.4 Å². The van der Waals surface area contributed by atoms with Gasteiger partial charge >= 0.3 is 0 Å². The van der Waals surface area contributed by atoms with Crippen molar-refractivity contribution in [2.75, 3.05) is 6.54 Å². The monoisotopic (exact) mass is 213 g/mol. The van der Waals surface area contributed by atoms with E-state index in [0.29, 0.717) is 5.56 Å². The molecular formula is C10H12ClNO2. The Morgan fingerprint density at radius 1 is 1.36 bits per heavy atom. The van der Waals surface area contributed by atoms with Crippen molar-refractivity contribution in [3.8, 4) is 0 Å². The molecule has 0 spiro atoms. The highest BCUT2D eigenvalue weighted by atomic mass is 35.5. The fourth-order valence-electron chi connectivity index (χ4n) is 1.45. The molecule has 1 aliphatic heterocycles. The largest absolute Gasteiger partial charge is 0.372 e. The molecular weight excluding hydrogens is 202 g/mol. The summed E-state index contributed by atoms with van der Waals surface area (Å²) in [6.07, 6.45) is 1.52. The van der Waals surface area contributed by atoms with Gasteiger partial charge in [-0.1, -0.05) is 24.3 Å². The van der Waals surface area contributed by atoms with Crippen LogP contribution in [0, 0.1) is 0 Å². The van der Waals surface area contributed by atoms with E-state index >= 15 is 0 Å². The molecule has 2 N–H and O–H groups in total. The average molecular weight is 214 g/mol. The molecule has 1 saturated heterocycles. The lowest BCUT2D eigenvalue weighted by molar-refractivity contribution is -0.0607. The van der Waals surface area contributed by atoms with E-state index < -0.39 is 5.72 Å². The van der Waals surface area contributed by atoms with Gasteiger partial charge in [0.25, 0.3) is 0 Å². The first kappa shape index (κ1) is 11.2. The number of benzene rings is 1. The predicted molar refractivity (Wildman–Crippen MR) is 55.6 cm³/mol. The van der Waals surface area contributed by atoms with E-state index in [0.717, 1.165) is 24.8 Å². The summed E-state index contributed by atoms with van der Waals surface area (Å²) in [5.74, 6) is 0. The van der Waals surface area contributed by atoms with Crippen molar-refractivity contribution in [3.63, 3.8) is 0 Å². The lowest BCUT2D eigenvalue weighted by Gasteiger charge is -2.38. The molecule has 1 fully saturated rings. The molecule has 1 aromatic carbocycles. The van der Waals surface area contributed by atoms with E-state index in [1.54, 1.807) is 24.3 Å². The highest BCUT2D eigenvalue weighted by Crippen LogP contribution is 2.27. The Morgan fingerprint density at radius 2 is 1.93 bits per heavy atom. The minimum atomic E-state index is -0.860. The summed E-state index contributed by atoms with van der Waals surface area (Å²) in [6.45, 7) is 0.839. The topological polar surface area (TPSA) is 49.3 Å². The third-order valence-corrected chi connectivity index (χ3v) is 2.43. The second-order valence-electron chi connectivity index (χ2n) is 3.28. The summed E-state index contributed by atoms with van der Waals surface area (Å²) >= 11 is 0. The van der Waals surface area contributed by atoms with Crippen molar-refractivity contribution in [2.24, 2.45) is 0 Å². The van der Waals surface area contributed by atoms with Crippen molar-refractivity contribution in [2.45, 2.75) is 12.1 Å². The zero-order valence-electron chi connectivity index (χ0n) is 7.56. The maximum Gasteiger partial charge on any atom is 0.150 e. The lowest BCUT2D eigenvalue weighted by Crippen LogP contribution is -2.53. The highest BCUT2D eigenvalue weighted by molar-refractivity contribution is 5.85. The maximum absolute atomic E-state index is 10.4. The smallest absolute Gasteiger partial charge is 0.150 e. The molecule has 0 unspecified atom stereocenters. The molecule has 0 aromatic heterocycles. The fourth-order valence-corrected chi connectivity index (χ4v) is 1.45. The van der Waals surface area contributed by atoms with Crippen LogP contribution >= 0.6 is 12.4 Å². The van der Waals surface area contributed by atoms with Crippen LogP contribution in [0.3, 0.4) is 0 Å². The molecule has 0 aliphatic carbocycles. The van der Waals surface area contributed by atoms with Crippen LogP contribution in [-0.4, -0.2) is 17.9 Å². The van der Waals surface area contributed by atoms with Crippen LogP contribution in [0.2, 0.25) is 0 Å². The quantitative estimate of drug-likeness (QED) is 0.723. The van der Waals surface area contributed by atoms with Gasteiger partial charge in [0.2, 0.25) is 0 Å². The molecule has 0 radical (unpaired) electrons. The van der Waals surface area contributed by atoms with Gasteiger partial charge in [0.15, 0.2) is 0 Å². The average Bonchev–Trinajstić information content (AvgIpc) is 2.14. The Morgan fingerprint density at radius 3 is 2.29 bits per heavy atom. The Labute approximate surface area is 88.5 Å². The molecule has 1 aromatic rings. The number of nitrogens with one attached hydrogen (secondary N) is 1. The zero-order valence-corrected chi connectivity index (χ0v) is 8.38. The van der Waals surface area contributed by atoms with Gasteiger partial charge in [0, 0.05) is 18.5 Å². The Kier molecular flexibility index (Phi) is 3.26. The summed E-state index contributed by atoms with van der Waals surface area (Å²) in [6, 6.07) is 6.96. The third kappa shape index (κ3) is 1.80.